The number of rotatable bonds is 6. The molecule has 5 nitrogen and oxygen atoms in total. The summed E-state index contributed by atoms with van der Waals surface area (Å²) >= 11 is 1.61. The highest BCUT2D eigenvalue weighted by molar-refractivity contribution is 8.02. The monoisotopic (exact) mass is 302 g/mol. The lowest BCUT2D eigenvalue weighted by Gasteiger charge is -2.19. The van der Waals surface area contributed by atoms with Gasteiger partial charge in [-0.25, -0.2) is 4.68 Å². The smallest absolute Gasteiger partial charge is 0.214 e. The fourth-order valence-corrected chi connectivity index (χ4v) is 3.05. The minimum atomic E-state index is 0.904. The van der Waals surface area contributed by atoms with E-state index < -0.39 is 0 Å². The molecule has 0 saturated carbocycles. The van der Waals surface area contributed by atoms with Crippen LogP contribution in [0.2, 0.25) is 0 Å². The highest BCUT2D eigenvalue weighted by atomic mass is 32.2. The Balaban J connectivity index is 1.70. The predicted molar refractivity (Wildman–Crippen MR) is 85.0 cm³/mol. The Hall–Kier alpha value is -1.79. The highest BCUT2D eigenvalue weighted by Gasteiger charge is 2.17. The highest BCUT2D eigenvalue weighted by Crippen LogP contribution is 2.28. The zero-order valence-corrected chi connectivity index (χ0v) is 12.8. The van der Waals surface area contributed by atoms with Crippen molar-refractivity contribution in [2.45, 2.75) is 30.8 Å². The lowest BCUT2D eigenvalue weighted by Crippen LogP contribution is -2.50. The molecule has 0 spiro atoms. The first-order valence-electron chi connectivity index (χ1n) is 7.31. The van der Waals surface area contributed by atoms with E-state index in [1.807, 2.05) is 22.9 Å². The van der Waals surface area contributed by atoms with Gasteiger partial charge in [0.05, 0.1) is 12.2 Å². The predicted octanol–water partition coefficient (Wildman–Crippen LogP) is 1.88. The van der Waals surface area contributed by atoms with Gasteiger partial charge >= 0.3 is 0 Å². The number of hydrogen-bond donors (Lipinski definition) is 2. The van der Waals surface area contributed by atoms with Crippen molar-refractivity contribution in [2.75, 3.05) is 12.0 Å². The van der Waals surface area contributed by atoms with Crippen LogP contribution in [-0.4, -0.2) is 21.4 Å². The van der Waals surface area contributed by atoms with E-state index in [1.165, 1.54) is 18.4 Å². The number of nitrogens with zero attached hydrogens (tertiary/aromatic N) is 3. The van der Waals surface area contributed by atoms with Crippen LogP contribution < -0.4 is 11.2 Å². The molecule has 0 aliphatic carbocycles. The molecule has 3 rings (SSSR count). The summed E-state index contributed by atoms with van der Waals surface area (Å²) in [5.74, 6) is 1.00. The van der Waals surface area contributed by atoms with Crippen LogP contribution in [0.3, 0.4) is 0 Å². The number of thioether (sulfide) groups is 1. The second-order valence-corrected chi connectivity index (χ2v) is 5.86. The summed E-state index contributed by atoms with van der Waals surface area (Å²) in [7, 11) is 0. The molecule has 0 atom stereocenters. The molecule has 0 fully saturated rings. The summed E-state index contributed by atoms with van der Waals surface area (Å²) in [5, 5.41) is 11.5. The van der Waals surface area contributed by atoms with E-state index in [-0.39, 0.29) is 0 Å². The van der Waals surface area contributed by atoms with Crippen LogP contribution in [0.4, 0.5) is 0 Å². The first-order valence-corrected chi connectivity index (χ1v) is 8.19. The molecule has 21 heavy (non-hydrogen) atoms. The van der Waals surface area contributed by atoms with Crippen molar-refractivity contribution < 1.29 is 5.73 Å². The van der Waals surface area contributed by atoms with E-state index in [9.17, 15) is 0 Å². The molecule has 110 valence electrons. The summed E-state index contributed by atoms with van der Waals surface area (Å²) < 4.78 is 2.01. The van der Waals surface area contributed by atoms with Crippen LogP contribution in [0, 0.1) is 0 Å². The van der Waals surface area contributed by atoms with E-state index >= 15 is 0 Å². The number of aromatic nitrogens is 3. The van der Waals surface area contributed by atoms with E-state index in [0.717, 1.165) is 36.1 Å². The van der Waals surface area contributed by atoms with Crippen LogP contribution in [0.15, 0.2) is 40.9 Å². The molecule has 6 heteroatoms. The van der Waals surface area contributed by atoms with Gasteiger partial charge in [-0.3, -0.25) is 5.43 Å². The summed E-state index contributed by atoms with van der Waals surface area (Å²) in [6.07, 6.45) is 4.45. The van der Waals surface area contributed by atoms with E-state index in [2.05, 4.69) is 38.9 Å². The van der Waals surface area contributed by atoms with Gasteiger partial charge in [0, 0.05) is 11.8 Å². The van der Waals surface area contributed by atoms with Gasteiger partial charge in [0.15, 0.2) is 5.82 Å². The maximum atomic E-state index is 4.30. The zero-order valence-electron chi connectivity index (χ0n) is 12.0. The standard InChI is InChI=1S/C15H19N5S/c16-10-6-2-5-9-14-17-18-15-20(14)19-13(11-21-15)12-7-3-1-4-8-12/h1,3-4,7-8,11,19H,2,5-6,9-10,16H2/p+1. The van der Waals surface area contributed by atoms with Crippen LogP contribution >= 0.6 is 11.8 Å². The summed E-state index contributed by atoms with van der Waals surface area (Å²) in [6.45, 7) is 1.01. The third kappa shape index (κ3) is 3.28. The van der Waals surface area contributed by atoms with Crippen molar-refractivity contribution in [1.82, 2.24) is 14.9 Å². The number of fused-ring (bicyclic) bond motifs is 1. The second kappa shape index (κ2) is 6.78. The van der Waals surface area contributed by atoms with Gasteiger partial charge in [0.2, 0.25) is 5.16 Å². The molecule has 2 heterocycles. The number of aryl methyl sites for hydroxylation is 1. The largest absolute Gasteiger partial charge is 0.358 e. The van der Waals surface area contributed by atoms with Gasteiger partial charge in [0.25, 0.3) is 0 Å². The molecule has 0 bridgehead atoms. The normalized spacial score (nSPS) is 13.5. The fraction of sp³-hybridized carbons (Fsp3) is 0.333. The molecular weight excluding hydrogens is 282 g/mol. The van der Waals surface area contributed by atoms with Crippen molar-refractivity contribution in [2.24, 2.45) is 0 Å². The quantitative estimate of drug-likeness (QED) is 0.799. The third-order valence-corrected chi connectivity index (χ3v) is 4.28. The maximum Gasteiger partial charge on any atom is 0.214 e. The Morgan fingerprint density at radius 3 is 2.76 bits per heavy atom. The minimum absolute atomic E-state index is 0.904. The van der Waals surface area contributed by atoms with Crippen LogP contribution in [-0.2, 0) is 6.42 Å². The van der Waals surface area contributed by atoms with Gasteiger partial charge in [-0.05, 0) is 24.8 Å². The molecule has 0 saturated heterocycles. The lowest BCUT2D eigenvalue weighted by molar-refractivity contribution is -0.368. The van der Waals surface area contributed by atoms with Crippen LogP contribution in [0.25, 0.3) is 5.70 Å². The topological polar surface area (TPSA) is 70.4 Å². The van der Waals surface area contributed by atoms with E-state index in [0.29, 0.717) is 0 Å². The average Bonchev–Trinajstić information content (AvgIpc) is 2.95. The van der Waals surface area contributed by atoms with E-state index in [4.69, 9.17) is 0 Å². The van der Waals surface area contributed by atoms with Crippen LogP contribution in [0.5, 0.6) is 0 Å². The first-order chi connectivity index (χ1) is 10.4. The molecule has 2 aromatic rings. The summed E-state index contributed by atoms with van der Waals surface area (Å²) in [6, 6.07) is 10.3. The van der Waals surface area contributed by atoms with Gasteiger partial charge < -0.3 is 5.73 Å². The van der Waals surface area contributed by atoms with Crippen molar-refractivity contribution in [3.63, 3.8) is 0 Å². The molecule has 0 unspecified atom stereocenters. The summed E-state index contributed by atoms with van der Waals surface area (Å²) in [5.41, 5.74) is 9.56. The van der Waals surface area contributed by atoms with Gasteiger partial charge in [-0.2, -0.15) is 0 Å². The molecule has 4 N–H and O–H groups in total. The molecule has 0 amide bonds. The van der Waals surface area contributed by atoms with Crippen molar-refractivity contribution >= 4 is 17.5 Å². The Labute approximate surface area is 128 Å². The molecule has 1 aliphatic heterocycles. The van der Waals surface area contributed by atoms with Gasteiger partial charge in [-0.1, -0.05) is 42.1 Å². The first kappa shape index (κ1) is 14.2. The Bertz CT molecular complexity index is 620. The number of unbranched alkanes of at least 4 members (excludes halogenated alkanes) is 2. The fourth-order valence-electron chi connectivity index (χ4n) is 2.30. The number of nitrogens with one attached hydrogen (secondary N) is 1. The third-order valence-electron chi connectivity index (χ3n) is 3.45. The van der Waals surface area contributed by atoms with Crippen molar-refractivity contribution in [3.05, 3.63) is 47.1 Å². The average molecular weight is 302 g/mol. The van der Waals surface area contributed by atoms with Gasteiger partial charge in [-0.15, -0.1) is 10.2 Å². The molecule has 1 aromatic carbocycles. The SMILES string of the molecule is [NH3+]CCCCCc1nnc2n1NC(c1ccccc1)=CS2. The molecule has 1 aliphatic rings. The number of benzene rings is 1. The van der Waals surface area contributed by atoms with Crippen molar-refractivity contribution in [1.29, 1.82) is 0 Å². The molecule has 0 radical (unpaired) electrons. The lowest BCUT2D eigenvalue weighted by atomic mass is 10.2. The van der Waals surface area contributed by atoms with E-state index in [1.54, 1.807) is 11.8 Å². The minimum Gasteiger partial charge on any atom is -0.358 e. The zero-order chi connectivity index (χ0) is 14.5. The summed E-state index contributed by atoms with van der Waals surface area (Å²) in [4.78, 5) is 0. The van der Waals surface area contributed by atoms with Crippen molar-refractivity contribution in [3.8, 4) is 0 Å². The maximum absolute atomic E-state index is 4.30. The Morgan fingerprint density at radius 1 is 1.10 bits per heavy atom. The van der Waals surface area contributed by atoms with Gasteiger partial charge in [0.1, 0.15) is 0 Å². The Kier molecular flexibility index (Phi) is 4.57. The molecular formula is C15H20N5S+. The number of hydrogen-bond acceptors (Lipinski definition) is 4. The second-order valence-electron chi connectivity index (χ2n) is 5.03. The van der Waals surface area contributed by atoms with Crippen LogP contribution in [0.1, 0.15) is 30.7 Å². The number of quaternary nitrogens is 1. The molecule has 1 aromatic heterocycles. The Morgan fingerprint density at radius 2 is 1.95 bits per heavy atom.